The molecule has 0 aromatic heterocycles. The second-order valence-corrected chi connectivity index (χ2v) is 5.36. The van der Waals surface area contributed by atoms with E-state index in [1.165, 1.54) is 12.5 Å². The summed E-state index contributed by atoms with van der Waals surface area (Å²) >= 11 is 0. The number of anilines is 1. The molecule has 1 aliphatic heterocycles. The van der Waals surface area contributed by atoms with Gasteiger partial charge in [-0.05, 0) is 30.9 Å². The number of likely N-dealkylation sites (tertiary alicyclic amines) is 1. The molecule has 1 saturated heterocycles. The summed E-state index contributed by atoms with van der Waals surface area (Å²) in [4.78, 5) is 12.8. The minimum absolute atomic E-state index is 0.105. The van der Waals surface area contributed by atoms with Crippen LogP contribution in [0.15, 0.2) is 18.2 Å². The summed E-state index contributed by atoms with van der Waals surface area (Å²) in [6.45, 7) is 6.13. The van der Waals surface area contributed by atoms with Gasteiger partial charge in [0.05, 0.1) is 10.6 Å². The Morgan fingerprint density at radius 1 is 1.53 bits per heavy atom. The predicted molar refractivity (Wildman–Crippen MR) is 74.6 cm³/mol. The maximum atomic E-state index is 10.8. The summed E-state index contributed by atoms with van der Waals surface area (Å²) in [5.41, 5.74) is 4.34. The summed E-state index contributed by atoms with van der Waals surface area (Å²) in [5, 5.41) is 10.8. The third-order valence-corrected chi connectivity index (χ3v) is 3.74. The topological polar surface area (TPSA) is 84.4 Å². The average molecular weight is 264 g/mol. The lowest BCUT2D eigenvalue weighted by Gasteiger charge is -2.22. The van der Waals surface area contributed by atoms with Gasteiger partial charge in [-0.3, -0.25) is 20.9 Å². The number of benzene rings is 1. The summed E-state index contributed by atoms with van der Waals surface area (Å²) < 4.78 is 0. The van der Waals surface area contributed by atoms with Crippen LogP contribution in [0.5, 0.6) is 0 Å². The van der Waals surface area contributed by atoms with Gasteiger partial charge in [-0.1, -0.05) is 6.92 Å². The van der Waals surface area contributed by atoms with Gasteiger partial charge in [-0.25, -0.2) is 0 Å². The minimum atomic E-state index is -0.375. The Bertz CT molecular complexity index is 478. The molecule has 0 aliphatic carbocycles. The highest BCUT2D eigenvalue weighted by atomic mass is 16.6. The summed E-state index contributed by atoms with van der Waals surface area (Å²) in [6, 6.07) is 5.23. The summed E-state index contributed by atoms with van der Waals surface area (Å²) in [7, 11) is 0. The van der Waals surface area contributed by atoms with Crippen molar-refractivity contribution < 1.29 is 4.92 Å². The Morgan fingerprint density at radius 3 is 2.79 bits per heavy atom. The van der Waals surface area contributed by atoms with Gasteiger partial charge in [0.25, 0.3) is 5.69 Å². The molecule has 0 saturated carbocycles. The van der Waals surface area contributed by atoms with Crippen LogP contribution >= 0.6 is 0 Å². The van der Waals surface area contributed by atoms with E-state index < -0.39 is 0 Å². The molecule has 1 fully saturated rings. The standard InChI is InChI=1S/C13H20N4O2/c1-9-5-10(2)16(7-9)8-11-6-12(17(18)19)3-4-13(11)15-14/h3-4,6,9-10,15H,5,7-8,14H2,1-2H3. The number of hydrazine groups is 1. The first-order valence-electron chi connectivity index (χ1n) is 6.49. The highest BCUT2D eigenvalue weighted by molar-refractivity contribution is 5.55. The van der Waals surface area contributed by atoms with Crippen molar-refractivity contribution in [1.29, 1.82) is 0 Å². The number of nitrogens with zero attached hydrogens (tertiary/aromatic N) is 2. The van der Waals surface area contributed by atoms with Crippen molar-refractivity contribution in [3.8, 4) is 0 Å². The van der Waals surface area contributed by atoms with Crippen LogP contribution in [-0.4, -0.2) is 22.4 Å². The van der Waals surface area contributed by atoms with E-state index in [2.05, 4.69) is 24.2 Å². The van der Waals surface area contributed by atoms with Crippen LogP contribution in [0.25, 0.3) is 0 Å². The van der Waals surface area contributed by atoms with Crippen LogP contribution in [0.3, 0.4) is 0 Å². The van der Waals surface area contributed by atoms with Crippen LogP contribution in [-0.2, 0) is 6.54 Å². The van der Waals surface area contributed by atoms with E-state index in [4.69, 9.17) is 5.84 Å². The van der Waals surface area contributed by atoms with Gasteiger partial charge >= 0.3 is 0 Å². The normalized spacial score (nSPS) is 23.5. The van der Waals surface area contributed by atoms with Crippen molar-refractivity contribution in [2.45, 2.75) is 32.9 Å². The molecule has 1 aromatic rings. The molecule has 0 amide bonds. The number of nitrogen functional groups attached to an aromatic ring is 1. The lowest BCUT2D eigenvalue weighted by Crippen LogP contribution is -2.27. The molecule has 1 aromatic carbocycles. The summed E-state index contributed by atoms with van der Waals surface area (Å²) in [5.74, 6) is 6.14. The van der Waals surface area contributed by atoms with Crippen LogP contribution < -0.4 is 11.3 Å². The number of nitro groups is 1. The fourth-order valence-electron chi connectivity index (χ4n) is 2.79. The Morgan fingerprint density at radius 2 is 2.26 bits per heavy atom. The second-order valence-electron chi connectivity index (χ2n) is 5.36. The van der Waals surface area contributed by atoms with Crippen LogP contribution in [0.4, 0.5) is 11.4 Å². The molecule has 1 heterocycles. The lowest BCUT2D eigenvalue weighted by atomic mass is 10.1. The van der Waals surface area contributed by atoms with E-state index in [9.17, 15) is 10.1 Å². The van der Waals surface area contributed by atoms with Gasteiger partial charge in [0.1, 0.15) is 0 Å². The summed E-state index contributed by atoms with van der Waals surface area (Å²) in [6.07, 6.45) is 1.17. The van der Waals surface area contributed by atoms with Crippen molar-refractivity contribution in [2.75, 3.05) is 12.0 Å². The Kier molecular flexibility index (Phi) is 4.01. The van der Waals surface area contributed by atoms with Gasteiger partial charge in [0.15, 0.2) is 0 Å². The number of nitrogens with one attached hydrogen (secondary N) is 1. The quantitative estimate of drug-likeness (QED) is 0.494. The number of hydrogen-bond donors (Lipinski definition) is 2. The van der Waals surface area contributed by atoms with Crippen molar-refractivity contribution in [3.05, 3.63) is 33.9 Å². The fourth-order valence-corrected chi connectivity index (χ4v) is 2.79. The number of nitrogens with two attached hydrogens (primary N) is 1. The molecule has 0 radical (unpaired) electrons. The number of non-ortho nitro benzene ring substituents is 1. The highest BCUT2D eigenvalue weighted by Gasteiger charge is 2.26. The third kappa shape index (κ3) is 3.02. The Balaban J connectivity index is 2.22. The first kappa shape index (κ1) is 13.8. The molecular formula is C13H20N4O2. The lowest BCUT2D eigenvalue weighted by molar-refractivity contribution is -0.384. The zero-order valence-electron chi connectivity index (χ0n) is 11.3. The first-order chi connectivity index (χ1) is 9.01. The zero-order chi connectivity index (χ0) is 14.0. The molecule has 3 N–H and O–H groups in total. The van der Waals surface area contributed by atoms with E-state index in [0.29, 0.717) is 18.5 Å². The van der Waals surface area contributed by atoms with Gasteiger partial charge in [-0.15, -0.1) is 0 Å². The van der Waals surface area contributed by atoms with E-state index in [-0.39, 0.29) is 10.6 Å². The molecular weight excluding hydrogens is 244 g/mol. The number of nitro benzene ring substituents is 1. The van der Waals surface area contributed by atoms with Crippen molar-refractivity contribution in [1.82, 2.24) is 4.90 Å². The third-order valence-electron chi connectivity index (χ3n) is 3.74. The molecule has 0 spiro atoms. The smallest absolute Gasteiger partial charge is 0.269 e. The molecule has 19 heavy (non-hydrogen) atoms. The van der Waals surface area contributed by atoms with Crippen molar-refractivity contribution in [2.24, 2.45) is 11.8 Å². The number of rotatable bonds is 4. The molecule has 1 aliphatic rings. The average Bonchev–Trinajstić information content (AvgIpc) is 2.67. The Labute approximate surface area is 112 Å². The van der Waals surface area contributed by atoms with Crippen LogP contribution in [0, 0.1) is 16.0 Å². The predicted octanol–water partition coefficient (Wildman–Crippen LogP) is 2.11. The van der Waals surface area contributed by atoms with Crippen LogP contribution in [0.2, 0.25) is 0 Å². The van der Waals surface area contributed by atoms with E-state index in [0.717, 1.165) is 17.8 Å². The second kappa shape index (κ2) is 5.54. The van der Waals surface area contributed by atoms with Crippen LogP contribution in [0.1, 0.15) is 25.8 Å². The zero-order valence-corrected chi connectivity index (χ0v) is 11.3. The van der Waals surface area contributed by atoms with E-state index in [1.807, 2.05) is 0 Å². The SMILES string of the molecule is CC1CC(C)N(Cc2cc([N+](=O)[O-])ccc2NN)C1. The number of hydrogen-bond acceptors (Lipinski definition) is 5. The molecule has 2 unspecified atom stereocenters. The highest BCUT2D eigenvalue weighted by Crippen LogP contribution is 2.28. The van der Waals surface area contributed by atoms with Gasteiger partial charge in [0, 0.05) is 31.3 Å². The first-order valence-corrected chi connectivity index (χ1v) is 6.49. The van der Waals surface area contributed by atoms with Crippen molar-refractivity contribution in [3.63, 3.8) is 0 Å². The van der Waals surface area contributed by atoms with Gasteiger partial charge < -0.3 is 5.43 Å². The van der Waals surface area contributed by atoms with Gasteiger partial charge in [0.2, 0.25) is 0 Å². The largest absolute Gasteiger partial charge is 0.324 e. The fraction of sp³-hybridized carbons (Fsp3) is 0.538. The van der Waals surface area contributed by atoms with E-state index >= 15 is 0 Å². The molecule has 2 atom stereocenters. The molecule has 6 heteroatoms. The maximum absolute atomic E-state index is 10.8. The molecule has 104 valence electrons. The molecule has 2 rings (SSSR count). The minimum Gasteiger partial charge on any atom is -0.324 e. The van der Waals surface area contributed by atoms with Gasteiger partial charge in [-0.2, -0.15) is 0 Å². The maximum Gasteiger partial charge on any atom is 0.269 e. The van der Waals surface area contributed by atoms with Crippen molar-refractivity contribution >= 4 is 11.4 Å². The molecule has 6 nitrogen and oxygen atoms in total. The monoisotopic (exact) mass is 264 g/mol. The van der Waals surface area contributed by atoms with E-state index in [1.54, 1.807) is 12.1 Å². The Hall–Kier alpha value is -1.66. The molecule has 0 bridgehead atoms.